The molecule has 1 aliphatic heterocycles. The molecule has 0 radical (unpaired) electrons. The Balaban J connectivity index is 1.98. The summed E-state index contributed by atoms with van der Waals surface area (Å²) in [6, 6.07) is 2.82. The summed E-state index contributed by atoms with van der Waals surface area (Å²) in [5.74, 6) is -0.380. The van der Waals surface area contributed by atoms with Crippen LogP contribution in [0.2, 0.25) is 5.02 Å². The molecule has 0 amide bonds. The molecular formula is C15H20ClFN2O. The van der Waals surface area contributed by atoms with E-state index in [9.17, 15) is 9.50 Å². The Morgan fingerprint density at radius 2 is 2.00 bits per heavy atom. The SMILES string of the molecule is Oc1c(F)ccc(Cl)c1[C@H](C1CCC1)N1CCNCC1. The maximum absolute atomic E-state index is 13.7. The van der Waals surface area contributed by atoms with Crippen molar-refractivity contribution in [2.24, 2.45) is 5.92 Å². The highest BCUT2D eigenvalue weighted by molar-refractivity contribution is 6.31. The molecule has 0 spiro atoms. The molecular weight excluding hydrogens is 279 g/mol. The molecule has 5 heteroatoms. The number of benzene rings is 1. The Morgan fingerprint density at radius 1 is 1.30 bits per heavy atom. The van der Waals surface area contributed by atoms with E-state index in [0.717, 1.165) is 39.0 Å². The normalized spacial score (nSPS) is 22.5. The van der Waals surface area contributed by atoms with Crippen molar-refractivity contribution in [2.45, 2.75) is 25.3 Å². The summed E-state index contributed by atoms with van der Waals surface area (Å²) in [4.78, 5) is 2.33. The number of phenolic OH excluding ortho intramolecular Hbond substituents is 1. The molecule has 2 N–H and O–H groups in total. The van der Waals surface area contributed by atoms with Gasteiger partial charge in [-0.25, -0.2) is 4.39 Å². The minimum absolute atomic E-state index is 0.0362. The van der Waals surface area contributed by atoms with Crippen molar-refractivity contribution in [1.82, 2.24) is 10.2 Å². The third kappa shape index (κ3) is 2.52. The van der Waals surface area contributed by atoms with Gasteiger partial charge in [-0.3, -0.25) is 4.90 Å². The van der Waals surface area contributed by atoms with Crippen molar-refractivity contribution in [1.29, 1.82) is 0 Å². The van der Waals surface area contributed by atoms with Crippen LogP contribution >= 0.6 is 11.6 Å². The van der Waals surface area contributed by atoms with E-state index in [-0.39, 0.29) is 11.8 Å². The quantitative estimate of drug-likeness (QED) is 0.900. The second-order valence-electron chi connectivity index (χ2n) is 5.71. The third-order valence-corrected chi connectivity index (χ3v) is 4.88. The van der Waals surface area contributed by atoms with Crippen LogP contribution in [0, 0.1) is 11.7 Å². The van der Waals surface area contributed by atoms with Crippen molar-refractivity contribution < 1.29 is 9.50 Å². The lowest BCUT2D eigenvalue weighted by molar-refractivity contribution is 0.0816. The zero-order valence-corrected chi connectivity index (χ0v) is 12.2. The van der Waals surface area contributed by atoms with E-state index >= 15 is 0 Å². The average Bonchev–Trinajstić information content (AvgIpc) is 2.41. The lowest BCUT2D eigenvalue weighted by Gasteiger charge is -2.43. The minimum atomic E-state index is -0.580. The summed E-state index contributed by atoms with van der Waals surface area (Å²) in [6.07, 6.45) is 3.46. The van der Waals surface area contributed by atoms with E-state index in [1.54, 1.807) is 6.07 Å². The molecule has 1 aromatic carbocycles. The number of phenols is 1. The highest BCUT2D eigenvalue weighted by Crippen LogP contribution is 2.47. The van der Waals surface area contributed by atoms with Crippen molar-refractivity contribution in [3.8, 4) is 5.75 Å². The molecule has 2 fully saturated rings. The summed E-state index contributed by atoms with van der Waals surface area (Å²) in [7, 11) is 0. The molecule has 2 aliphatic rings. The maximum Gasteiger partial charge on any atom is 0.165 e. The highest BCUT2D eigenvalue weighted by Gasteiger charge is 2.36. The minimum Gasteiger partial charge on any atom is -0.505 e. The topological polar surface area (TPSA) is 35.5 Å². The number of hydrogen-bond donors (Lipinski definition) is 2. The zero-order chi connectivity index (χ0) is 14.1. The fraction of sp³-hybridized carbons (Fsp3) is 0.600. The lowest BCUT2D eigenvalue weighted by atomic mass is 9.76. The predicted octanol–water partition coefficient (Wildman–Crippen LogP) is 2.93. The first-order valence-electron chi connectivity index (χ1n) is 7.30. The number of aromatic hydroxyl groups is 1. The van der Waals surface area contributed by atoms with Crippen LogP contribution in [0.15, 0.2) is 12.1 Å². The molecule has 1 heterocycles. The Labute approximate surface area is 123 Å². The number of hydrogen-bond acceptors (Lipinski definition) is 3. The molecule has 3 rings (SSSR count). The molecule has 1 aromatic rings. The summed E-state index contributed by atoms with van der Waals surface area (Å²) < 4.78 is 13.7. The summed E-state index contributed by atoms with van der Waals surface area (Å²) in [6.45, 7) is 3.68. The first kappa shape index (κ1) is 14.1. The Morgan fingerprint density at radius 3 is 2.60 bits per heavy atom. The van der Waals surface area contributed by atoms with Gasteiger partial charge < -0.3 is 10.4 Å². The molecule has 0 bridgehead atoms. The van der Waals surface area contributed by atoms with Gasteiger partial charge in [0.2, 0.25) is 0 Å². The van der Waals surface area contributed by atoms with E-state index in [1.807, 2.05) is 0 Å². The third-order valence-electron chi connectivity index (χ3n) is 4.55. The Kier molecular flexibility index (Phi) is 4.15. The summed E-state index contributed by atoms with van der Waals surface area (Å²) in [5, 5.41) is 13.9. The number of halogens is 2. The molecule has 3 nitrogen and oxygen atoms in total. The van der Waals surface area contributed by atoms with Gasteiger partial charge in [-0.15, -0.1) is 0 Å². The van der Waals surface area contributed by atoms with Crippen LogP contribution in [0.1, 0.15) is 30.9 Å². The number of nitrogens with one attached hydrogen (secondary N) is 1. The van der Waals surface area contributed by atoms with Crippen LogP contribution in [0.5, 0.6) is 5.75 Å². The Bertz CT molecular complexity index is 487. The molecule has 1 saturated carbocycles. The number of rotatable bonds is 3. The van der Waals surface area contributed by atoms with Gasteiger partial charge in [0, 0.05) is 42.8 Å². The molecule has 0 aromatic heterocycles. The van der Waals surface area contributed by atoms with E-state index in [0.29, 0.717) is 16.5 Å². The molecule has 1 saturated heterocycles. The largest absolute Gasteiger partial charge is 0.505 e. The van der Waals surface area contributed by atoms with Crippen LogP contribution in [0.4, 0.5) is 4.39 Å². The maximum atomic E-state index is 13.7. The molecule has 110 valence electrons. The van der Waals surface area contributed by atoms with Crippen LogP contribution in [-0.2, 0) is 0 Å². The van der Waals surface area contributed by atoms with Gasteiger partial charge in [-0.05, 0) is 30.9 Å². The fourth-order valence-corrected chi connectivity index (χ4v) is 3.53. The van der Waals surface area contributed by atoms with Crippen molar-refractivity contribution in [2.75, 3.05) is 26.2 Å². The van der Waals surface area contributed by atoms with E-state index in [2.05, 4.69) is 10.2 Å². The van der Waals surface area contributed by atoms with Crippen molar-refractivity contribution in [3.63, 3.8) is 0 Å². The van der Waals surface area contributed by atoms with E-state index in [4.69, 9.17) is 11.6 Å². The highest BCUT2D eigenvalue weighted by atomic mass is 35.5. The van der Waals surface area contributed by atoms with Gasteiger partial charge >= 0.3 is 0 Å². The summed E-state index contributed by atoms with van der Waals surface area (Å²) in [5.41, 5.74) is 0.582. The standard InChI is InChI=1S/C15H20ClFN2O/c16-11-4-5-12(17)15(20)13(11)14(10-2-1-3-10)19-8-6-18-7-9-19/h4-5,10,14,18,20H,1-3,6-9H2/t14-/m0/s1. The molecule has 20 heavy (non-hydrogen) atoms. The number of nitrogens with zero attached hydrogens (tertiary/aromatic N) is 1. The van der Waals surface area contributed by atoms with E-state index in [1.165, 1.54) is 12.5 Å². The predicted molar refractivity (Wildman–Crippen MR) is 77.6 cm³/mol. The van der Waals surface area contributed by atoms with E-state index < -0.39 is 5.82 Å². The molecule has 1 aliphatic carbocycles. The smallest absolute Gasteiger partial charge is 0.165 e. The molecule has 1 atom stereocenters. The van der Waals surface area contributed by atoms with Gasteiger partial charge in [0.1, 0.15) is 0 Å². The van der Waals surface area contributed by atoms with Crippen molar-refractivity contribution >= 4 is 11.6 Å². The van der Waals surface area contributed by atoms with Gasteiger partial charge in [-0.2, -0.15) is 0 Å². The molecule has 0 unspecified atom stereocenters. The van der Waals surface area contributed by atoms with Crippen LogP contribution < -0.4 is 5.32 Å². The second kappa shape index (κ2) is 5.88. The average molecular weight is 299 g/mol. The van der Waals surface area contributed by atoms with Crippen LogP contribution in [0.25, 0.3) is 0 Å². The monoisotopic (exact) mass is 298 g/mol. The second-order valence-corrected chi connectivity index (χ2v) is 6.12. The van der Waals surface area contributed by atoms with Gasteiger partial charge in [0.05, 0.1) is 0 Å². The first-order valence-corrected chi connectivity index (χ1v) is 7.68. The first-order chi connectivity index (χ1) is 9.68. The van der Waals surface area contributed by atoms with Gasteiger partial charge in [0.25, 0.3) is 0 Å². The van der Waals surface area contributed by atoms with Crippen molar-refractivity contribution in [3.05, 3.63) is 28.5 Å². The number of piperazine rings is 1. The fourth-order valence-electron chi connectivity index (χ4n) is 3.27. The lowest BCUT2D eigenvalue weighted by Crippen LogP contribution is -2.48. The van der Waals surface area contributed by atoms with Crippen LogP contribution in [0.3, 0.4) is 0 Å². The Hall–Kier alpha value is -0.840. The van der Waals surface area contributed by atoms with Crippen LogP contribution in [-0.4, -0.2) is 36.2 Å². The van der Waals surface area contributed by atoms with Gasteiger partial charge in [-0.1, -0.05) is 18.0 Å². The van der Waals surface area contributed by atoms with Gasteiger partial charge in [0.15, 0.2) is 11.6 Å². The zero-order valence-electron chi connectivity index (χ0n) is 11.4. The summed E-state index contributed by atoms with van der Waals surface area (Å²) >= 11 is 6.27.